The SMILES string of the molecule is O=C1NN=C(CSCCC2=CC=CCC2)c2c[nH]c3cccc1c23. The normalized spacial score (nSPS) is 16.6. The number of aromatic nitrogens is 1. The van der Waals surface area contributed by atoms with Gasteiger partial charge in [0.15, 0.2) is 0 Å². The number of hydrogen-bond acceptors (Lipinski definition) is 3. The van der Waals surface area contributed by atoms with Crippen molar-refractivity contribution in [3.63, 3.8) is 0 Å². The van der Waals surface area contributed by atoms with E-state index < -0.39 is 0 Å². The first-order chi connectivity index (χ1) is 11.8. The zero-order chi connectivity index (χ0) is 16.4. The minimum atomic E-state index is -0.138. The van der Waals surface area contributed by atoms with Gasteiger partial charge in [0, 0.05) is 28.4 Å². The van der Waals surface area contributed by atoms with Crippen LogP contribution in [0.1, 0.15) is 35.2 Å². The van der Waals surface area contributed by atoms with Crippen molar-refractivity contribution in [3.05, 3.63) is 59.3 Å². The summed E-state index contributed by atoms with van der Waals surface area (Å²) in [6, 6.07) is 5.74. The second-order valence-corrected chi connectivity index (χ2v) is 7.13. The zero-order valence-corrected chi connectivity index (χ0v) is 14.2. The van der Waals surface area contributed by atoms with E-state index in [9.17, 15) is 4.79 Å². The van der Waals surface area contributed by atoms with Crippen LogP contribution in [-0.4, -0.2) is 28.1 Å². The third-order valence-corrected chi connectivity index (χ3v) is 5.43. The number of carbonyl (C=O) groups excluding carboxylic acids is 1. The van der Waals surface area contributed by atoms with Crippen LogP contribution in [0.25, 0.3) is 10.9 Å². The first-order valence-corrected chi connectivity index (χ1v) is 9.38. The molecule has 1 amide bonds. The number of nitrogens with one attached hydrogen (secondary N) is 2. The Hall–Kier alpha value is -2.27. The summed E-state index contributed by atoms with van der Waals surface area (Å²) in [5, 5.41) is 5.33. The Morgan fingerprint density at radius 2 is 2.21 bits per heavy atom. The van der Waals surface area contributed by atoms with E-state index in [1.807, 2.05) is 36.2 Å². The summed E-state index contributed by atoms with van der Waals surface area (Å²) in [4.78, 5) is 15.5. The zero-order valence-electron chi connectivity index (χ0n) is 13.3. The van der Waals surface area contributed by atoms with Crippen LogP contribution in [0.2, 0.25) is 0 Å². The van der Waals surface area contributed by atoms with Crippen molar-refractivity contribution in [2.24, 2.45) is 5.10 Å². The van der Waals surface area contributed by atoms with Gasteiger partial charge in [-0.1, -0.05) is 29.9 Å². The Bertz CT molecular complexity index is 876. The lowest BCUT2D eigenvalue weighted by Crippen LogP contribution is -2.18. The number of hydrogen-bond donors (Lipinski definition) is 2. The number of benzene rings is 1. The van der Waals surface area contributed by atoms with Crippen molar-refractivity contribution in [2.75, 3.05) is 11.5 Å². The standard InChI is InChI=1S/C19H19N3OS/c23-19-14-7-4-8-16-18(14)15(11-20-16)17(21-22-19)12-24-10-9-13-5-2-1-3-6-13/h1-2,4-5,7-8,11,20H,3,6,9-10,12H2,(H,22,23). The molecule has 0 fully saturated rings. The largest absolute Gasteiger partial charge is 0.360 e. The summed E-state index contributed by atoms with van der Waals surface area (Å²) < 4.78 is 0. The van der Waals surface area contributed by atoms with Crippen molar-refractivity contribution >= 4 is 34.3 Å². The van der Waals surface area contributed by atoms with Crippen molar-refractivity contribution < 1.29 is 4.79 Å². The Balaban J connectivity index is 1.48. The quantitative estimate of drug-likeness (QED) is 0.810. The molecule has 2 heterocycles. The van der Waals surface area contributed by atoms with E-state index in [0.29, 0.717) is 5.56 Å². The van der Waals surface area contributed by atoms with Gasteiger partial charge in [0.05, 0.1) is 11.3 Å². The third kappa shape index (κ3) is 2.91. The molecule has 5 heteroatoms. The lowest BCUT2D eigenvalue weighted by Gasteiger charge is -2.09. The molecule has 1 aliphatic heterocycles. The predicted molar refractivity (Wildman–Crippen MR) is 101 cm³/mol. The Morgan fingerprint density at radius 1 is 1.25 bits per heavy atom. The molecule has 2 aliphatic rings. The number of hydrazone groups is 1. The molecule has 0 radical (unpaired) electrons. The molecule has 0 spiro atoms. The first kappa shape index (κ1) is 15.3. The molecule has 24 heavy (non-hydrogen) atoms. The highest BCUT2D eigenvalue weighted by Crippen LogP contribution is 2.26. The molecule has 4 rings (SSSR count). The highest BCUT2D eigenvalue weighted by molar-refractivity contribution is 8.00. The van der Waals surface area contributed by atoms with Gasteiger partial charge in [-0.15, -0.1) is 0 Å². The van der Waals surface area contributed by atoms with E-state index in [1.165, 1.54) is 12.0 Å². The van der Waals surface area contributed by atoms with Crippen LogP contribution in [0.15, 0.2) is 53.3 Å². The number of amides is 1. The van der Waals surface area contributed by atoms with E-state index in [2.05, 4.69) is 33.7 Å². The molecule has 0 bridgehead atoms. The van der Waals surface area contributed by atoms with Gasteiger partial charge in [-0.25, -0.2) is 5.43 Å². The van der Waals surface area contributed by atoms with Gasteiger partial charge < -0.3 is 4.98 Å². The number of allylic oxidation sites excluding steroid dienone is 4. The van der Waals surface area contributed by atoms with Crippen molar-refractivity contribution in [1.82, 2.24) is 10.4 Å². The number of rotatable bonds is 5. The molecule has 2 N–H and O–H groups in total. The summed E-state index contributed by atoms with van der Waals surface area (Å²) in [5.74, 6) is 1.73. The molecule has 122 valence electrons. The molecular formula is C19H19N3OS. The van der Waals surface area contributed by atoms with E-state index in [1.54, 1.807) is 0 Å². The van der Waals surface area contributed by atoms with Crippen molar-refractivity contribution in [1.29, 1.82) is 0 Å². The average molecular weight is 337 g/mol. The Labute approximate surface area is 145 Å². The maximum Gasteiger partial charge on any atom is 0.272 e. The van der Waals surface area contributed by atoms with E-state index in [4.69, 9.17) is 0 Å². The number of aromatic amines is 1. The van der Waals surface area contributed by atoms with Crippen LogP contribution < -0.4 is 5.43 Å². The van der Waals surface area contributed by atoms with Gasteiger partial charge in [-0.3, -0.25) is 4.79 Å². The molecule has 4 nitrogen and oxygen atoms in total. The van der Waals surface area contributed by atoms with Crippen LogP contribution in [0.5, 0.6) is 0 Å². The number of carbonyl (C=O) groups is 1. The molecule has 1 aliphatic carbocycles. The van der Waals surface area contributed by atoms with Gasteiger partial charge >= 0.3 is 0 Å². The summed E-state index contributed by atoms with van der Waals surface area (Å²) in [6.45, 7) is 0. The molecule has 1 aromatic carbocycles. The van der Waals surface area contributed by atoms with Gasteiger partial charge in [0.25, 0.3) is 5.91 Å². The molecule has 2 aromatic rings. The van der Waals surface area contributed by atoms with E-state index in [-0.39, 0.29) is 5.91 Å². The Kier molecular flexibility index (Phi) is 4.26. The second-order valence-electron chi connectivity index (χ2n) is 6.02. The predicted octanol–water partition coefficient (Wildman–Crippen LogP) is 4.02. The van der Waals surface area contributed by atoms with Gasteiger partial charge in [0.2, 0.25) is 0 Å². The van der Waals surface area contributed by atoms with Crippen molar-refractivity contribution in [3.8, 4) is 0 Å². The lowest BCUT2D eigenvalue weighted by atomic mass is 10.0. The molecule has 0 saturated carbocycles. The minimum Gasteiger partial charge on any atom is -0.360 e. The minimum absolute atomic E-state index is 0.138. The van der Waals surface area contributed by atoms with Crippen LogP contribution in [-0.2, 0) is 0 Å². The summed E-state index contributed by atoms with van der Waals surface area (Å²) in [5.41, 5.74) is 7.84. The van der Waals surface area contributed by atoms with Gasteiger partial charge in [0.1, 0.15) is 0 Å². The second kappa shape index (κ2) is 6.69. The van der Waals surface area contributed by atoms with Crippen LogP contribution in [0.4, 0.5) is 0 Å². The molecule has 0 atom stereocenters. The fraction of sp³-hybridized carbons (Fsp3) is 0.263. The summed E-state index contributed by atoms with van der Waals surface area (Å²) in [7, 11) is 0. The molecule has 0 saturated heterocycles. The highest BCUT2D eigenvalue weighted by Gasteiger charge is 2.20. The topological polar surface area (TPSA) is 57.2 Å². The lowest BCUT2D eigenvalue weighted by molar-refractivity contribution is 0.0957. The van der Waals surface area contributed by atoms with Crippen LogP contribution >= 0.6 is 11.8 Å². The Morgan fingerprint density at radius 3 is 3.08 bits per heavy atom. The number of thioether (sulfide) groups is 1. The first-order valence-electron chi connectivity index (χ1n) is 8.22. The summed E-state index contributed by atoms with van der Waals surface area (Å²) >= 11 is 1.87. The summed E-state index contributed by atoms with van der Waals surface area (Å²) in [6.07, 6.45) is 12.0. The average Bonchev–Trinajstić information content (AvgIpc) is 3.00. The molecule has 0 unspecified atom stereocenters. The third-order valence-electron chi connectivity index (χ3n) is 4.46. The molecule has 1 aromatic heterocycles. The van der Waals surface area contributed by atoms with Crippen molar-refractivity contribution in [2.45, 2.75) is 19.3 Å². The van der Waals surface area contributed by atoms with Gasteiger partial charge in [-0.05, 0) is 37.1 Å². The van der Waals surface area contributed by atoms with E-state index in [0.717, 1.165) is 46.5 Å². The smallest absolute Gasteiger partial charge is 0.272 e. The fourth-order valence-corrected chi connectivity index (χ4v) is 4.15. The maximum atomic E-state index is 12.2. The molecular weight excluding hydrogens is 318 g/mol. The number of H-pyrrole nitrogens is 1. The van der Waals surface area contributed by atoms with E-state index >= 15 is 0 Å². The van der Waals surface area contributed by atoms with Gasteiger partial charge in [-0.2, -0.15) is 16.9 Å². The monoisotopic (exact) mass is 337 g/mol. The number of nitrogens with zero attached hydrogens (tertiary/aromatic N) is 1. The fourth-order valence-electron chi connectivity index (χ4n) is 3.18. The van der Waals surface area contributed by atoms with Crippen LogP contribution in [0.3, 0.4) is 0 Å². The highest BCUT2D eigenvalue weighted by atomic mass is 32.2. The maximum absolute atomic E-state index is 12.2. The van der Waals surface area contributed by atoms with Crippen LogP contribution in [0, 0.1) is 0 Å².